The van der Waals surface area contributed by atoms with Crippen LogP contribution in [0.3, 0.4) is 0 Å². The number of nitrogens with one attached hydrogen (secondary N) is 2. The van der Waals surface area contributed by atoms with Crippen LogP contribution < -0.4 is 15.5 Å². The Labute approximate surface area is 118 Å². The number of urea groups is 1. The monoisotopic (exact) mass is 279 g/mol. The van der Waals surface area contributed by atoms with Gasteiger partial charge in [0.25, 0.3) is 0 Å². The van der Waals surface area contributed by atoms with E-state index in [4.69, 9.17) is 0 Å². The molecule has 4 N–H and O–H groups in total. The second-order valence-corrected chi connectivity index (χ2v) is 4.93. The summed E-state index contributed by atoms with van der Waals surface area (Å²) in [5, 5.41) is 24.3. The average molecular weight is 279 g/mol. The lowest BCUT2D eigenvalue weighted by molar-refractivity contribution is 0.240. The molecule has 0 spiro atoms. The third-order valence-corrected chi connectivity index (χ3v) is 3.62. The number of aromatic hydroxyl groups is 1. The van der Waals surface area contributed by atoms with Gasteiger partial charge in [0.15, 0.2) is 0 Å². The smallest absolute Gasteiger partial charge is 0.319 e. The van der Waals surface area contributed by atoms with Gasteiger partial charge >= 0.3 is 6.03 Å². The number of amides is 2. The molecule has 1 heterocycles. The number of carbonyl (C=O) groups excluding carboxylic acids is 1. The van der Waals surface area contributed by atoms with Gasteiger partial charge in [0.2, 0.25) is 0 Å². The summed E-state index contributed by atoms with van der Waals surface area (Å²) in [6, 6.07) is 4.82. The van der Waals surface area contributed by atoms with Crippen LogP contribution >= 0.6 is 0 Å². The first-order valence-corrected chi connectivity index (χ1v) is 6.85. The van der Waals surface area contributed by atoms with Crippen molar-refractivity contribution in [3.63, 3.8) is 0 Å². The van der Waals surface area contributed by atoms with Gasteiger partial charge in [-0.15, -0.1) is 0 Å². The minimum absolute atomic E-state index is 0.0231. The molecule has 2 rings (SSSR count). The number of hydrogen-bond acceptors (Lipinski definition) is 4. The van der Waals surface area contributed by atoms with Gasteiger partial charge in [-0.25, -0.2) is 4.79 Å². The van der Waals surface area contributed by atoms with Crippen molar-refractivity contribution in [3.05, 3.63) is 18.2 Å². The first kappa shape index (κ1) is 14.5. The first-order valence-electron chi connectivity index (χ1n) is 6.85. The maximum absolute atomic E-state index is 11.4. The maximum atomic E-state index is 11.4. The molecule has 0 saturated carbocycles. The van der Waals surface area contributed by atoms with Crippen LogP contribution in [-0.4, -0.2) is 42.5 Å². The highest BCUT2D eigenvalue weighted by atomic mass is 16.3. The number of aliphatic hydroxyl groups excluding tert-OH is 1. The highest BCUT2D eigenvalue weighted by Gasteiger charge is 2.22. The third kappa shape index (κ3) is 3.14. The van der Waals surface area contributed by atoms with Gasteiger partial charge in [0, 0.05) is 19.3 Å². The summed E-state index contributed by atoms with van der Waals surface area (Å²) in [6.45, 7) is 0.981. The van der Waals surface area contributed by atoms with Crippen LogP contribution in [-0.2, 0) is 0 Å². The largest absolute Gasteiger partial charge is 0.506 e. The molecule has 1 saturated heterocycles. The van der Waals surface area contributed by atoms with Crippen LogP contribution in [0, 0.1) is 0 Å². The predicted molar refractivity (Wildman–Crippen MR) is 78.3 cm³/mol. The van der Waals surface area contributed by atoms with Gasteiger partial charge in [-0.3, -0.25) is 0 Å². The lowest BCUT2D eigenvalue weighted by atomic mass is 10.0. The van der Waals surface area contributed by atoms with Crippen molar-refractivity contribution >= 4 is 17.4 Å². The van der Waals surface area contributed by atoms with Crippen LogP contribution in [0.25, 0.3) is 0 Å². The second-order valence-electron chi connectivity index (χ2n) is 4.93. The number of aliphatic hydroxyl groups is 1. The quantitative estimate of drug-likeness (QED) is 0.632. The molecule has 1 aliphatic heterocycles. The summed E-state index contributed by atoms with van der Waals surface area (Å²) in [5.41, 5.74) is 1.26. The summed E-state index contributed by atoms with van der Waals surface area (Å²) in [5.74, 6) is 0.0231. The molecule has 0 aromatic heterocycles. The lowest BCUT2D eigenvalue weighted by Gasteiger charge is -2.36. The number of phenols is 1. The molecule has 1 atom stereocenters. The molecule has 6 nitrogen and oxygen atoms in total. The number of benzene rings is 1. The Balaban J connectivity index is 2.23. The zero-order valence-electron chi connectivity index (χ0n) is 11.6. The van der Waals surface area contributed by atoms with Gasteiger partial charge in [-0.1, -0.05) is 0 Å². The van der Waals surface area contributed by atoms with E-state index in [-0.39, 0.29) is 24.4 Å². The summed E-state index contributed by atoms with van der Waals surface area (Å²) < 4.78 is 0. The van der Waals surface area contributed by atoms with Gasteiger partial charge in [0.1, 0.15) is 5.75 Å². The first-order chi connectivity index (χ1) is 9.65. The van der Waals surface area contributed by atoms with E-state index in [0.717, 1.165) is 31.5 Å². The summed E-state index contributed by atoms with van der Waals surface area (Å²) in [7, 11) is 1.52. The number of rotatable bonds is 3. The second kappa shape index (κ2) is 6.47. The lowest BCUT2D eigenvalue weighted by Crippen LogP contribution is -2.41. The SMILES string of the molecule is CNC(=O)Nc1cc(N2CCCCC2CO)ccc1O. The Kier molecular flexibility index (Phi) is 4.68. The Morgan fingerprint density at radius 3 is 2.95 bits per heavy atom. The molecule has 6 heteroatoms. The number of carbonyl (C=O) groups is 1. The number of hydrogen-bond donors (Lipinski definition) is 4. The van der Waals surface area contributed by atoms with Crippen molar-refractivity contribution in [2.24, 2.45) is 0 Å². The van der Waals surface area contributed by atoms with Crippen LogP contribution in [0.2, 0.25) is 0 Å². The highest BCUT2D eigenvalue weighted by molar-refractivity contribution is 5.91. The molecule has 0 radical (unpaired) electrons. The van der Waals surface area contributed by atoms with E-state index in [0.29, 0.717) is 5.69 Å². The van der Waals surface area contributed by atoms with E-state index in [1.165, 1.54) is 7.05 Å². The van der Waals surface area contributed by atoms with E-state index < -0.39 is 0 Å². The van der Waals surface area contributed by atoms with E-state index in [2.05, 4.69) is 15.5 Å². The van der Waals surface area contributed by atoms with Gasteiger partial charge in [-0.2, -0.15) is 0 Å². The average Bonchev–Trinajstić information content (AvgIpc) is 2.49. The minimum atomic E-state index is -0.380. The van der Waals surface area contributed by atoms with E-state index in [9.17, 15) is 15.0 Å². The fourth-order valence-corrected chi connectivity index (χ4v) is 2.52. The molecule has 0 bridgehead atoms. The van der Waals surface area contributed by atoms with Gasteiger partial charge in [0.05, 0.1) is 18.3 Å². The molecule has 0 aliphatic carbocycles. The van der Waals surface area contributed by atoms with E-state index >= 15 is 0 Å². The number of nitrogens with zero attached hydrogens (tertiary/aromatic N) is 1. The summed E-state index contributed by atoms with van der Waals surface area (Å²) >= 11 is 0. The molecule has 110 valence electrons. The molecule has 2 amide bonds. The fraction of sp³-hybridized carbons (Fsp3) is 0.500. The Hall–Kier alpha value is -1.95. The van der Waals surface area contributed by atoms with Crippen LogP contribution in [0.1, 0.15) is 19.3 Å². The molecule has 1 fully saturated rings. The maximum Gasteiger partial charge on any atom is 0.319 e. The van der Waals surface area contributed by atoms with E-state index in [1.807, 2.05) is 0 Å². The van der Waals surface area contributed by atoms with E-state index in [1.54, 1.807) is 18.2 Å². The molecule has 1 aliphatic rings. The topological polar surface area (TPSA) is 84.8 Å². The van der Waals surface area contributed by atoms with Crippen LogP contribution in [0.15, 0.2) is 18.2 Å². The molecular weight excluding hydrogens is 258 g/mol. The van der Waals surface area contributed by atoms with Crippen molar-refractivity contribution in [1.82, 2.24) is 5.32 Å². The Morgan fingerprint density at radius 2 is 2.25 bits per heavy atom. The van der Waals surface area contributed by atoms with Crippen molar-refractivity contribution < 1.29 is 15.0 Å². The molecule has 1 unspecified atom stereocenters. The van der Waals surface area contributed by atoms with Crippen LogP contribution in [0.4, 0.5) is 16.2 Å². The van der Waals surface area contributed by atoms with Crippen molar-refractivity contribution in [2.75, 3.05) is 30.4 Å². The highest BCUT2D eigenvalue weighted by Crippen LogP contribution is 2.31. The molecular formula is C14H21N3O3. The Bertz CT molecular complexity index is 479. The number of anilines is 2. The van der Waals surface area contributed by atoms with Crippen molar-refractivity contribution in [1.29, 1.82) is 0 Å². The van der Waals surface area contributed by atoms with Gasteiger partial charge < -0.3 is 25.7 Å². The minimum Gasteiger partial charge on any atom is -0.506 e. The summed E-state index contributed by atoms with van der Waals surface area (Å²) in [6.07, 6.45) is 3.15. The predicted octanol–water partition coefficient (Wildman–Crippen LogP) is 1.49. The zero-order valence-corrected chi connectivity index (χ0v) is 11.6. The molecule has 1 aromatic rings. The standard InChI is InChI=1S/C14H21N3O3/c1-15-14(20)16-12-8-10(5-6-13(12)19)17-7-3-2-4-11(17)9-18/h5-6,8,11,18-19H,2-4,7,9H2,1H3,(H2,15,16,20). The van der Waals surface area contributed by atoms with Crippen LogP contribution in [0.5, 0.6) is 5.75 Å². The third-order valence-electron chi connectivity index (χ3n) is 3.62. The van der Waals surface area contributed by atoms with Crippen molar-refractivity contribution in [2.45, 2.75) is 25.3 Å². The molecule has 1 aromatic carbocycles. The fourth-order valence-electron chi connectivity index (χ4n) is 2.52. The summed E-state index contributed by atoms with van der Waals surface area (Å²) in [4.78, 5) is 13.5. The van der Waals surface area contributed by atoms with Crippen molar-refractivity contribution in [3.8, 4) is 5.75 Å². The normalized spacial score (nSPS) is 18.7. The zero-order chi connectivity index (χ0) is 14.5. The van der Waals surface area contributed by atoms with Gasteiger partial charge in [-0.05, 0) is 37.5 Å². The number of piperidine rings is 1. The Morgan fingerprint density at radius 1 is 1.45 bits per heavy atom. The number of phenolic OH excluding ortho intramolecular Hbond substituents is 1. The molecule has 20 heavy (non-hydrogen) atoms.